The summed E-state index contributed by atoms with van der Waals surface area (Å²) in [6.45, 7) is 1.57. The quantitative estimate of drug-likeness (QED) is 0.644. The molecule has 0 unspecified atom stereocenters. The van der Waals surface area contributed by atoms with E-state index in [4.69, 9.17) is 4.74 Å². The predicted octanol–water partition coefficient (Wildman–Crippen LogP) is 3.16. The smallest absolute Gasteiger partial charge is 0.344 e. The topological polar surface area (TPSA) is 98.8 Å². The van der Waals surface area contributed by atoms with Crippen LogP contribution in [0.15, 0.2) is 53.4 Å². The first-order chi connectivity index (χ1) is 13.4. The second kappa shape index (κ2) is 9.89. The number of rotatable bonds is 9. The van der Waals surface area contributed by atoms with Crippen molar-refractivity contribution in [2.75, 3.05) is 18.4 Å². The molecular weight excluding hydrogens is 382 g/mol. The van der Waals surface area contributed by atoms with Crippen molar-refractivity contribution in [3.8, 4) is 0 Å². The molecule has 0 amide bonds. The summed E-state index contributed by atoms with van der Waals surface area (Å²) in [5.41, 5.74) is 1.58. The van der Waals surface area contributed by atoms with Crippen LogP contribution in [0.3, 0.4) is 0 Å². The zero-order valence-electron chi connectivity index (χ0n) is 15.8. The lowest BCUT2D eigenvalue weighted by atomic mass is 10.1. The highest BCUT2D eigenvalue weighted by Crippen LogP contribution is 2.19. The molecule has 0 spiro atoms. The Morgan fingerprint density at radius 1 is 1.07 bits per heavy atom. The molecule has 0 aliphatic carbocycles. The SMILES string of the molecule is CCCCc1ccc(NS(=O)(=O)c2cccc(C(=O)OCC(=O)OC)c2)cc1. The van der Waals surface area contributed by atoms with Crippen LogP contribution in [0, 0.1) is 0 Å². The van der Waals surface area contributed by atoms with Gasteiger partial charge in [0.15, 0.2) is 6.61 Å². The molecule has 0 aliphatic heterocycles. The maximum atomic E-state index is 12.6. The van der Waals surface area contributed by atoms with Crippen LogP contribution in [0.25, 0.3) is 0 Å². The molecule has 0 radical (unpaired) electrons. The van der Waals surface area contributed by atoms with E-state index >= 15 is 0 Å². The Bertz CT molecular complexity index is 922. The van der Waals surface area contributed by atoms with Gasteiger partial charge in [-0.3, -0.25) is 4.72 Å². The van der Waals surface area contributed by atoms with E-state index in [0.717, 1.165) is 24.8 Å². The van der Waals surface area contributed by atoms with Gasteiger partial charge in [-0.05, 0) is 48.7 Å². The molecule has 2 aromatic rings. The molecule has 150 valence electrons. The average molecular weight is 405 g/mol. The maximum absolute atomic E-state index is 12.6. The van der Waals surface area contributed by atoms with Crippen molar-refractivity contribution in [1.82, 2.24) is 0 Å². The van der Waals surface area contributed by atoms with Gasteiger partial charge in [-0.2, -0.15) is 0 Å². The van der Waals surface area contributed by atoms with Crippen molar-refractivity contribution < 1.29 is 27.5 Å². The molecule has 0 aliphatic rings. The zero-order valence-corrected chi connectivity index (χ0v) is 16.6. The van der Waals surface area contributed by atoms with Crippen LogP contribution in [0.4, 0.5) is 5.69 Å². The zero-order chi connectivity index (χ0) is 20.6. The lowest BCUT2D eigenvalue weighted by molar-refractivity contribution is -0.144. The lowest BCUT2D eigenvalue weighted by Gasteiger charge is -2.10. The molecule has 2 rings (SSSR count). The van der Waals surface area contributed by atoms with Gasteiger partial charge in [0.05, 0.1) is 17.6 Å². The van der Waals surface area contributed by atoms with Gasteiger partial charge in [0.1, 0.15) is 0 Å². The standard InChI is InChI=1S/C20H23NO6S/c1-3-4-6-15-9-11-17(12-10-15)21-28(24,25)18-8-5-7-16(13-18)20(23)27-14-19(22)26-2/h5,7-13,21H,3-4,6,14H2,1-2H3. The molecular formula is C20H23NO6S. The molecule has 0 saturated carbocycles. The highest BCUT2D eigenvalue weighted by molar-refractivity contribution is 7.92. The normalized spacial score (nSPS) is 10.9. The maximum Gasteiger partial charge on any atom is 0.344 e. The van der Waals surface area contributed by atoms with E-state index < -0.39 is 28.6 Å². The number of unbranched alkanes of at least 4 members (excludes halogenated alkanes) is 1. The van der Waals surface area contributed by atoms with Gasteiger partial charge >= 0.3 is 11.9 Å². The Kier molecular flexibility index (Phi) is 7.57. The van der Waals surface area contributed by atoms with E-state index in [-0.39, 0.29) is 10.5 Å². The fourth-order valence-electron chi connectivity index (χ4n) is 2.39. The second-order valence-electron chi connectivity index (χ2n) is 6.09. The van der Waals surface area contributed by atoms with Crippen LogP contribution in [0.5, 0.6) is 0 Å². The summed E-state index contributed by atoms with van der Waals surface area (Å²) in [6.07, 6.45) is 3.11. The third kappa shape index (κ3) is 6.09. The molecule has 28 heavy (non-hydrogen) atoms. The number of nitrogens with one attached hydrogen (secondary N) is 1. The number of hydrogen-bond donors (Lipinski definition) is 1. The summed E-state index contributed by atoms with van der Waals surface area (Å²) < 4.78 is 36.9. The van der Waals surface area contributed by atoms with Crippen molar-refractivity contribution in [3.05, 3.63) is 59.7 Å². The van der Waals surface area contributed by atoms with Crippen LogP contribution in [-0.2, 0) is 30.7 Å². The van der Waals surface area contributed by atoms with E-state index in [9.17, 15) is 18.0 Å². The van der Waals surface area contributed by atoms with E-state index in [1.165, 1.54) is 31.4 Å². The molecule has 0 aromatic heterocycles. The number of benzene rings is 2. The number of hydrogen-bond acceptors (Lipinski definition) is 6. The third-order valence-electron chi connectivity index (χ3n) is 3.95. The van der Waals surface area contributed by atoms with Gasteiger partial charge in [-0.15, -0.1) is 0 Å². The first-order valence-corrected chi connectivity index (χ1v) is 10.3. The van der Waals surface area contributed by atoms with Gasteiger partial charge in [0.25, 0.3) is 10.0 Å². The van der Waals surface area contributed by atoms with Crippen molar-refractivity contribution in [1.29, 1.82) is 0 Å². The molecule has 0 saturated heterocycles. The van der Waals surface area contributed by atoms with E-state index in [1.807, 2.05) is 12.1 Å². The van der Waals surface area contributed by atoms with E-state index in [2.05, 4.69) is 16.4 Å². The third-order valence-corrected chi connectivity index (χ3v) is 5.33. The number of carbonyl (C=O) groups is 2. The Balaban J connectivity index is 2.10. The van der Waals surface area contributed by atoms with Crippen LogP contribution < -0.4 is 4.72 Å². The number of methoxy groups -OCH3 is 1. The van der Waals surface area contributed by atoms with Crippen molar-refractivity contribution >= 4 is 27.6 Å². The molecule has 0 heterocycles. The van der Waals surface area contributed by atoms with Gasteiger partial charge < -0.3 is 9.47 Å². The fraction of sp³-hybridized carbons (Fsp3) is 0.300. The van der Waals surface area contributed by atoms with Crippen LogP contribution >= 0.6 is 0 Å². The first-order valence-electron chi connectivity index (χ1n) is 8.81. The van der Waals surface area contributed by atoms with Crippen LogP contribution in [0.2, 0.25) is 0 Å². The minimum absolute atomic E-state index is 0.0155. The van der Waals surface area contributed by atoms with E-state index in [1.54, 1.807) is 12.1 Å². The number of aryl methyl sites for hydroxylation is 1. The molecule has 2 aromatic carbocycles. The fourth-order valence-corrected chi connectivity index (χ4v) is 3.50. The number of ether oxygens (including phenoxy) is 2. The second-order valence-corrected chi connectivity index (χ2v) is 7.77. The number of esters is 2. The Morgan fingerprint density at radius 2 is 1.79 bits per heavy atom. The highest BCUT2D eigenvalue weighted by atomic mass is 32.2. The monoisotopic (exact) mass is 405 g/mol. The molecule has 0 bridgehead atoms. The van der Waals surface area contributed by atoms with Crippen molar-refractivity contribution in [3.63, 3.8) is 0 Å². The van der Waals surface area contributed by atoms with Crippen LogP contribution in [-0.4, -0.2) is 34.1 Å². The summed E-state index contributed by atoms with van der Waals surface area (Å²) >= 11 is 0. The van der Waals surface area contributed by atoms with E-state index in [0.29, 0.717) is 5.69 Å². The van der Waals surface area contributed by atoms with Crippen LogP contribution in [0.1, 0.15) is 35.7 Å². The first kappa shape index (κ1) is 21.4. The molecule has 1 N–H and O–H groups in total. The summed E-state index contributed by atoms with van der Waals surface area (Å²) in [6, 6.07) is 12.6. The lowest BCUT2D eigenvalue weighted by Crippen LogP contribution is -2.16. The van der Waals surface area contributed by atoms with Crippen molar-refractivity contribution in [2.45, 2.75) is 31.1 Å². The Morgan fingerprint density at radius 3 is 2.43 bits per heavy atom. The molecule has 0 fully saturated rings. The predicted molar refractivity (Wildman–Crippen MR) is 105 cm³/mol. The highest BCUT2D eigenvalue weighted by Gasteiger charge is 2.18. The molecule has 8 heteroatoms. The average Bonchev–Trinajstić information content (AvgIpc) is 2.71. The summed E-state index contributed by atoms with van der Waals surface area (Å²) in [5.74, 6) is -1.52. The number of sulfonamides is 1. The minimum atomic E-state index is -3.88. The van der Waals surface area contributed by atoms with Gasteiger partial charge in [0, 0.05) is 5.69 Å². The van der Waals surface area contributed by atoms with Crippen molar-refractivity contribution in [2.24, 2.45) is 0 Å². The summed E-state index contributed by atoms with van der Waals surface area (Å²) in [5, 5.41) is 0. The summed E-state index contributed by atoms with van der Waals surface area (Å²) in [7, 11) is -2.71. The molecule has 0 atom stereocenters. The van der Waals surface area contributed by atoms with Gasteiger partial charge in [-0.1, -0.05) is 31.5 Å². The molecule has 7 nitrogen and oxygen atoms in total. The Labute approximate surface area is 164 Å². The summed E-state index contributed by atoms with van der Waals surface area (Å²) in [4.78, 5) is 22.9. The van der Waals surface area contributed by atoms with Gasteiger partial charge in [0.2, 0.25) is 0 Å². The minimum Gasteiger partial charge on any atom is -0.466 e. The number of carbonyl (C=O) groups excluding carboxylic acids is 2. The number of anilines is 1. The Hall–Kier alpha value is -2.87. The largest absolute Gasteiger partial charge is 0.466 e. The van der Waals surface area contributed by atoms with Gasteiger partial charge in [-0.25, -0.2) is 18.0 Å².